The van der Waals surface area contributed by atoms with Gasteiger partial charge in [0.1, 0.15) is 0 Å². The molecule has 1 N–H and O–H groups in total. The molecule has 0 heterocycles. The van der Waals surface area contributed by atoms with Gasteiger partial charge in [-0.25, -0.2) is 0 Å². The maximum absolute atomic E-state index is 6.06. The highest BCUT2D eigenvalue weighted by molar-refractivity contribution is 6.42. The van der Waals surface area contributed by atoms with Crippen LogP contribution in [0.2, 0.25) is 10.0 Å². The number of rotatable bonds is 7. The molecular formula is C18H21Cl2N. The van der Waals surface area contributed by atoms with Crippen molar-refractivity contribution in [2.75, 3.05) is 13.1 Å². The summed E-state index contributed by atoms with van der Waals surface area (Å²) in [6.07, 6.45) is 2.27. The van der Waals surface area contributed by atoms with E-state index in [0.29, 0.717) is 16.0 Å². The van der Waals surface area contributed by atoms with Crippen molar-refractivity contribution in [3.63, 3.8) is 0 Å². The molecule has 21 heavy (non-hydrogen) atoms. The second-order valence-corrected chi connectivity index (χ2v) is 6.18. The summed E-state index contributed by atoms with van der Waals surface area (Å²) in [5, 5.41) is 4.76. The quantitative estimate of drug-likeness (QED) is 0.680. The fourth-order valence-electron chi connectivity index (χ4n) is 2.32. The van der Waals surface area contributed by atoms with Crippen molar-refractivity contribution in [3.05, 3.63) is 69.7 Å². The number of hydrogen-bond donors (Lipinski definition) is 1. The summed E-state index contributed by atoms with van der Waals surface area (Å²) in [5.74, 6) is 0.427. The van der Waals surface area contributed by atoms with E-state index >= 15 is 0 Å². The van der Waals surface area contributed by atoms with E-state index in [1.807, 2.05) is 18.2 Å². The predicted octanol–water partition coefficient (Wildman–Crippen LogP) is 5.32. The van der Waals surface area contributed by atoms with Crippen molar-refractivity contribution < 1.29 is 0 Å². The monoisotopic (exact) mass is 321 g/mol. The lowest BCUT2D eigenvalue weighted by molar-refractivity contribution is 0.596. The van der Waals surface area contributed by atoms with Crippen molar-refractivity contribution in [3.8, 4) is 0 Å². The molecule has 0 aromatic heterocycles. The summed E-state index contributed by atoms with van der Waals surface area (Å²) in [6.45, 7) is 4.18. The first-order valence-corrected chi connectivity index (χ1v) is 8.12. The summed E-state index contributed by atoms with van der Waals surface area (Å²) in [7, 11) is 0. The first-order valence-electron chi connectivity index (χ1n) is 7.36. The molecule has 0 fully saturated rings. The maximum atomic E-state index is 6.06. The van der Waals surface area contributed by atoms with Gasteiger partial charge in [-0.2, -0.15) is 0 Å². The van der Waals surface area contributed by atoms with E-state index < -0.39 is 0 Å². The Kier molecular flexibility index (Phi) is 6.56. The lowest BCUT2D eigenvalue weighted by Gasteiger charge is -2.14. The Morgan fingerprint density at radius 3 is 2.48 bits per heavy atom. The van der Waals surface area contributed by atoms with Crippen LogP contribution >= 0.6 is 23.2 Å². The molecule has 0 bridgehead atoms. The molecule has 0 saturated heterocycles. The normalized spacial score (nSPS) is 12.3. The minimum atomic E-state index is 0.427. The fourth-order valence-corrected chi connectivity index (χ4v) is 2.62. The van der Waals surface area contributed by atoms with Crippen LogP contribution in [0.5, 0.6) is 0 Å². The van der Waals surface area contributed by atoms with Gasteiger partial charge < -0.3 is 5.32 Å². The average Bonchev–Trinajstić information content (AvgIpc) is 2.50. The lowest BCUT2D eigenvalue weighted by Crippen LogP contribution is -2.21. The minimum Gasteiger partial charge on any atom is -0.316 e. The molecule has 0 spiro atoms. The van der Waals surface area contributed by atoms with Crippen LogP contribution in [0.25, 0.3) is 0 Å². The molecule has 0 radical (unpaired) electrons. The minimum absolute atomic E-state index is 0.427. The van der Waals surface area contributed by atoms with Crippen LogP contribution in [0.15, 0.2) is 48.5 Å². The Morgan fingerprint density at radius 2 is 1.76 bits per heavy atom. The number of hydrogen-bond acceptors (Lipinski definition) is 1. The highest BCUT2D eigenvalue weighted by Gasteiger charge is 2.07. The van der Waals surface area contributed by atoms with Crippen LogP contribution < -0.4 is 5.32 Å². The Balaban J connectivity index is 1.69. The van der Waals surface area contributed by atoms with Crippen molar-refractivity contribution in [1.82, 2.24) is 5.32 Å². The number of benzene rings is 2. The van der Waals surface area contributed by atoms with Gasteiger partial charge in [0.25, 0.3) is 0 Å². The van der Waals surface area contributed by atoms with E-state index in [0.717, 1.165) is 25.9 Å². The Morgan fingerprint density at radius 1 is 1.00 bits per heavy atom. The molecule has 0 aliphatic rings. The molecular weight excluding hydrogens is 301 g/mol. The van der Waals surface area contributed by atoms with E-state index in [9.17, 15) is 0 Å². The Bertz CT molecular complexity index is 554. The van der Waals surface area contributed by atoms with E-state index in [2.05, 4.69) is 42.6 Å². The average molecular weight is 322 g/mol. The van der Waals surface area contributed by atoms with Gasteiger partial charge in [-0.05, 0) is 48.6 Å². The molecule has 2 rings (SSSR count). The summed E-state index contributed by atoms with van der Waals surface area (Å²) in [5.41, 5.74) is 2.62. The Labute approximate surface area is 137 Å². The van der Waals surface area contributed by atoms with Gasteiger partial charge in [-0.1, -0.05) is 66.5 Å². The van der Waals surface area contributed by atoms with Gasteiger partial charge >= 0.3 is 0 Å². The summed E-state index contributed by atoms with van der Waals surface area (Å²) < 4.78 is 0. The molecule has 3 heteroatoms. The van der Waals surface area contributed by atoms with Crippen LogP contribution in [-0.2, 0) is 6.42 Å². The van der Waals surface area contributed by atoms with Crippen LogP contribution in [0, 0.1) is 0 Å². The molecule has 2 aromatic rings. The number of halogens is 2. The fraction of sp³-hybridized carbons (Fsp3) is 0.333. The second kappa shape index (κ2) is 8.43. The van der Waals surface area contributed by atoms with Crippen molar-refractivity contribution in [2.24, 2.45) is 0 Å². The zero-order valence-corrected chi connectivity index (χ0v) is 13.8. The highest BCUT2D eigenvalue weighted by Crippen LogP contribution is 2.26. The predicted molar refractivity (Wildman–Crippen MR) is 92.5 cm³/mol. The largest absolute Gasteiger partial charge is 0.316 e. The summed E-state index contributed by atoms with van der Waals surface area (Å²) in [6, 6.07) is 16.5. The van der Waals surface area contributed by atoms with Crippen molar-refractivity contribution in [1.29, 1.82) is 0 Å². The van der Waals surface area contributed by atoms with Crippen LogP contribution in [0.1, 0.15) is 30.4 Å². The van der Waals surface area contributed by atoms with Gasteiger partial charge in [0.05, 0.1) is 10.0 Å². The van der Waals surface area contributed by atoms with Crippen LogP contribution in [0.4, 0.5) is 0 Å². The lowest BCUT2D eigenvalue weighted by atomic mass is 10.0. The molecule has 112 valence electrons. The van der Waals surface area contributed by atoms with Crippen molar-refractivity contribution >= 4 is 23.2 Å². The summed E-state index contributed by atoms with van der Waals surface area (Å²) in [4.78, 5) is 0. The van der Waals surface area contributed by atoms with Gasteiger partial charge in [-0.15, -0.1) is 0 Å². The number of nitrogens with one attached hydrogen (secondary N) is 1. The molecule has 0 aliphatic heterocycles. The molecule has 1 nitrogen and oxygen atoms in total. The van der Waals surface area contributed by atoms with Gasteiger partial charge in [-0.3, -0.25) is 0 Å². The standard InChI is InChI=1S/C18H21Cl2N/c1-14(16-9-10-17(19)18(20)12-16)13-21-11-5-8-15-6-3-2-4-7-15/h2-4,6-7,9-10,12,14,21H,5,8,11,13H2,1H3. The third-order valence-corrected chi connectivity index (χ3v) is 4.36. The van der Waals surface area contributed by atoms with Crippen LogP contribution in [-0.4, -0.2) is 13.1 Å². The van der Waals surface area contributed by atoms with E-state index in [-0.39, 0.29) is 0 Å². The molecule has 2 aromatic carbocycles. The van der Waals surface area contributed by atoms with E-state index in [1.165, 1.54) is 11.1 Å². The van der Waals surface area contributed by atoms with Gasteiger partial charge in [0, 0.05) is 6.54 Å². The summed E-state index contributed by atoms with van der Waals surface area (Å²) >= 11 is 12.0. The molecule has 0 saturated carbocycles. The third kappa shape index (κ3) is 5.35. The maximum Gasteiger partial charge on any atom is 0.0595 e. The van der Waals surface area contributed by atoms with Gasteiger partial charge in [0.2, 0.25) is 0 Å². The first-order chi connectivity index (χ1) is 10.2. The molecule has 1 unspecified atom stereocenters. The third-order valence-electron chi connectivity index (χ3n) is 3.63. The first kappa shape index (κ1) is 16.4. The molecule has 0 amide bonds. The topological polar surface area (TPSA) is 12.0 Å². The van der Waals surface area contributed by atoms with E-state index in [1.54, 1.807) is 0 Å². The number of aryl methyl sites for hydroxylation is 1. The van der Waals surface area contributed by atoms with E-state index in [4.69, 9.17) is 23.2 Å². The molecule has 1 atom stereocenters. The Hall–Kier alpha value is -1.02. The molecule has 0 aliphatic carbocycles. The van der Waals surface area contributed by atoms with Crippen molar-refractivity contribution in [2.45, 2.75) is 25.7 Å². The van der Waals surface area contributed by atoms with Gasteiger partial charge in [0.15, 0.2) is 0 Å². The zero-order chi connectivity index (χ0) is 15.1. The smallest absolute Gasteiger partial charge is 0.0595 e. The van der Waals surface area contributed by atoms with Crippen LogP contribution in [0.3, 0.4) is 0 Å². The second-order valence-electron chi connectivity index (χ2n) is 5.37. The SMILES string of the molecule is CC(CNCCCc1ccccc1)c1ccc(Cl)c(Cl)c1. The highest BCUT2D eigenvalue weighted by atomic mass is 35.5. The zero-order valence-electron chi connectivity index (χ0n) is 12.3.